The average Bonchev–Trinajstić information content (AvgIpc) is 2.47. The van der Waals surface area contributed by atoms with Crippen LogP contribution in [0, 0.1) is 0 Å². The molecule has 0 atom stereocenters. The van der Waals surface area contributed by atoms with Crippen LogP contribution in [-0.4, -0.2) is 13.1 Å². The van der Waals surface area contributed by atoms with E-state index in [4.69, 9.17) is 5.73 Å². The van der Waals surface area contributed by atoms with Gasteiger partial charge in [-0.25, -0.2) is 4.79 Å². The van der Waals surface area contributed by atoms with E-state index in [2.05, 4.69) is 35.9 Å². The number of nitrogens with two attached hydrogens (primary N) is 1. The largest absolute Gasteiger partial charge is 0.465 e. The Balaban J connectivity index is 2.17. The van der Waals surface area contributed by atoms with Crippen LogP contribution in [0.4, 0.5) is 5.69 Å². The van der Waals surface area contributed by atoms with Gasteiger partial charge in [-0.3, -0.25) is 0 Å². The fourth-order valence-corrected chi connectivity index (χ4v) is 2.70. The lowest BCUT2D eigenvalue weighted by molar-refractivity contribution is 0.0602. The summed E-state index contributed by atoms with van der Waals surface area (Å²) < 4.78 is 4.68. The van der Waals surface area contributed by atoms with E-state index in [1.54, 1.807) is 23.9 Å². The molecule has 0 amide bonds. The molecule has 4 heteroatoms. The van der Waals surface area contributed by atoms with Crippen molar-refractivity contribution in [3.63, 3.8) is 0 Å². The average molecular weight is 287 g/mol. The zero-order chi connectivity index (χ0) is 14.5. The van der Waals surface area contributed by atoms with Gasteiger partial charge < -0.3 is 10.5 Å². The predicted molar refractivity (Wildman–Crippen MR) is 82.1 cm³/mol. The van der Waals surface area contributed by atoms with Gasteiger partial charge in [-0.2, -0.15) is 0 Å². The zero-order valence-electron chi connectivity index (χ0n) is 11.6. The second kappa shape index (κ2) is 6.48. The summed E-state index contributed by atoms with van der Waals surface area (Å²) in [5.41, 5.74) is 8.04. The minimum atomic E-state index is -0.411. The van der Waals surface area contributed by atoms with Crippen LogP contribution in [0.15, 0.2) is 52.3 Å². The maximum Gasteiger partial charge on any atom is 0.339 e. The fourth-order valence-electron chi connectivity index (χ4n) is 1.83. The van der Waals surface area contributed by atoms with Crippen LogP contribution in [0.3, 0.4) is 0 Å². The number of esters is 1. The molecule has 2 aromatic rings. The zero-order valence-corrected chi connectivity index (χ0v) is 12.4. The number of ether oxygens (including phenoxy) is 1. The van der Waals surface area contributed by atoms with Crippen LogP contribution in [0.2, 0.25) is 0 Å². The topological polar surface area (TPSA) is 52.3 Å². The van der Waals surface area contributed by atoms with Crippen molar-refractivity contribution in [1.29, 1.82) is 0 Å². The molecule has 0 unspecified atom stereocenters. The Bertz CT molecular complexity index is 608. The van der Waals surface area contributed by atoms with Gasteiger partial charge in [0.2, 0.25) is 0 Å². The van der Waals surface area contributed by atoms with Gasteiger partial charge in [-0.1, -0.05) is 30.8 Å². The van der Waals surface area contributed by atoms with Gasteiger partial charge in [0.15, 0.2) is 0 Å². The minimum absolute atomic E-state index is 0.401. The van der Waals surface area contributed by atoms with Crippen molar-refractivity contribution in [3.05, 3.63) is 53.6 Å². The highest BCUT2D eigenvalue weighted by Crippen LogP contribution is 2.30. The van der Waals surface area contributed by atoms with Crippen molar-refractivity contribution < 1.29 is 9.53 Å². The van der Waals surface area contributed by atoms with Crippen LogP contribution in [0.1, 0.15) is 22.8 Å². The standard InChI is InChI=1S/C16H17NO2S/c1-3-11-4-6-12(7-5-11)20-13-8-9-14(15(17)10-13)16(18)19-2/h4-10H,3,17H2,1-2H3. The lowest BCUT2D eigenvalue weighted by Crippen LogP contribution is -2.05. The second-order valence-corrected chi connectivity index (χ2v) is 5.49. The molecule has 0 spiro atoms. The molecule has 2 N–H and O–H groups in total. The molecule has 0 radical (unpaired) electrons. The monoisotopic (exact) mass is 287 g/mol. The van der Waals surface area contributed by atoms with E-state index in [1.165, 1.54) is 12.7 Å². The molecule has 0 fully saturated rings. The third-order valence-electron chi connectivity index (χ3n) is 3.00. The highest BCUT2D eigenvalue weighted by Gasteiger charge is 2.10. The molecule has 0 saturated carbocycles. The summed E-state index contributed by atoms with van der Waals surface area (Å²) in [7, 11) is 1.35. The maximum absolute atomic E-state index is 11.5. The first kappa shape index (κ1) is 14.5. The summed E-state index contributed by atoms with van der Waals surface area (Å²) in [4.78, 5) is 13.6. The number of anilines is 1. The molecule has 0 heterocycles. The molecule has 0 aliphatic heterocycles. The molecular formula is C16H17NO2S. The van der Waals surface area contributed by atoms with Gasteiger partial charge in [-0.05, 0) is 42.3 Å². The smallest absolute Gasteiger partial charge is 0.339 e. The predicted octanol–water partition coefficient (Wildman–Crippen LogP) is 3.77. The van der Waals surface area contributed by atoms with E-state index >= 15 is 0 Å². The van der Waals surface area contributed by atoms with E-state index in [0.717, 1.165) is 16.2 Å². The van der Waals surface area contributed by atoms with E-state index in [0.29, 0.717) is 11.3 Å². The van der Waals surface area contributed by atoms with Crippen molar-refractivity contribution in [1.82, 2.24) is 0 Å². The van der Waals surface area contributed by atoms with Gasteiger partial charge in [0.05, 0.1) is 12.7 Å². The lowest BCUT2D eigenvalue weighted by atomic mass is 10.2. The van der Waals surface area contributed by atoms with Crippen LogP contribution in [-0.2, 0) is 11.2 Å². The highest BCUT2D eigenvalue weighted by molar-refractivity contribution is 7.99. The first-order valence-electron chi connectivity index (χ1n) is 6.38. The Hall–Kier alpha value is -1.94. The minimum Gasteiger partial charge on any atom is -0.465 e. The molecule has 0 aliphatic rings. The van der Waals surface area contributed by atoms with Gasteiger partial charge in [0.25, 0.3) is 0 Å². The molecule has 2 aromatic carbocycles. The molecule has 0 aromatic heterocycles. The molecular weight excluding hydrogens is 270 g/mol. The fraction of sp³-hybridized carbons (Fsp3) is 0.188. The van der Waals surface area contributed by atoms with Gasteiger partial charge in [0.1, 0.15) is 0 Å². The summed E-state index contributed by atoms with van der Waals surface area (Å²) in [5, 5.41) is 0. The van der Waals surface area contributed by atoms with Crippen LogP contribution in [0.5, 0.6) is 0 Å². The van der Waals surface area contributed by atoms with Crippen LogP contribution < -0.4 is 5.73 Å². The molecule has 0 saturated heterocycles. The molecule has 0 bridgehead atoms. The van der Waals surface area contributed by atoms with Crippen molar-refractivity contribution >= 4 is 23.4 Å². The second-order valence-electron chi connectivity index (χ2n) is 4.34. The van der Waals surface area contributed by atoms with E-state index in [-0.39, 0.29) is 0 Å². The number of carbonyl (C=O) groups is 1. The first-order valence-corrected chi connectivity index (χ1v) is 7.20. The molecule has 0 aliphatic carbocycles. The van der Waals surface area contributed by atoms with Crippen LogP contribution >= 0.6 is 11.8 Å². The van der Waals surface area contributed by atoms with Gasteiger partial charge in [0, 0.05) is 15.5 Å². The number of carbonyl (C=O) groups excluding carboxylic acids is 1. The van der Waals surface area contributed by atoms with Gasteiger partial charge in [-0.15, -0.1) is 0 Å². The summed E-state index contributed by atoms with van der Waals surface area (Å²) >= 11 is 1.62. The number of hydrogen-bond acceptors (Lipinski definition) is 4. The number of nitrogen functional groups attached to an aromatic ring is 1. The van der Waals surface area contributed by atoms with E-state index in [9.17, 15) is 4.79 Å². The molecule has 20 heavy (non-hydrogen) atoms. The van der Waals surface area contributed by atoms with Crippen molar-refractivity contribution in [2.24, 2.45) is 0 Å². The normalized spacial score (nSPS) is 10.3. The summed E-state index contributed by atoms with van der Waals surface area (Å²) in [6.45, 7) is 2.13. The van der Waals surface area contributed by atoms with E-state index in [1.807, 2.05) is 6.07 Å². The number of hydrogen-bond donors (Lipinski definition) is 1. The summed E-state index contributed by atoms with van der Waals surface area (Å²) in [6.07, 6.45) is 1.03. The van der Waals surface area contributed by atoms with Crippen molar-refractivity contribution in [2.75, 3.05) is 12.8 Å². The number of aryl methyl sites for hydroxylation is 1. The van der Waals surface area contributed by atoms with Crippen molar-refractivity contribution in [3.8, 4) is 0 Å². The van der Waals surface area contributed by atoms with Gasteiger partial charge >= 0.3 is 5.97 Å². The Labute approximate surface area is 123 Å². The number of methoxy groups -OCH3 is 1. The molecule has 3 nitrogen and oxygen atoms in total. The molecule has 2 rings (SSSR count). The summed E-state index contributed by atoms with van der Waals surface area (Å²) in [6, 6.07) is 13.8. The number of rotatable bonds is 4. The molecule has 104 valence electrons. The third kappa shape index (κ3) is 3.33. The third-order valence-corrected chi connectivity index (χ3v) is 3.99. The quantitative estimate of drug-likeness (QED) is 0.687. The Kier molecular flexibility index (Phi) is 4.69. The number of benzene rings is 2. The summed E-state index contributed by atoms with van der Waals surface area (Å²) in [5.74, 6) is -0.411. The highest BCUT2D eigenvalue weighted by atomic mass is 32.2. The lowest BCUT2D eigenvalue weighted by Gasteiger charge is -2.07. The van der Waals surface area contributed by atoms with E-state index < -0.39 is 5.97 Å². The Morgan fingerprint density at radius 2 is 1.80 bits per heavy atom. The SMILES string of the molecule is CCc1ccc(Sc2ccc(C(=O)OC)c(N)c2)cc1. The Morgan fingerprint density at radius 3 is 2.35 bits per heavy atom. The Morgan fingerprint density at radius 1 is 1.15 bits per heavy atom. The van der Waals surface area contributed by atoms with Crippen molar-refractivity contribution in [2.45, 2.75) is 23.1 Å². The van der Waals surface area contributed by atoms with Crippen LogP contribution in [0.25, 0.3) is 0 Å². The first-order chi connectivity index (χ1) is 9.63. The maximum atomic E-state index is 11.5.